The van der Waals surface area contributed by atoms with Gasteiger partial charge in [-0.2, -0.15) is 0 Å². The highest BCUT2D eigenvalue weighted by Gasteiger charge is 2.24. The van der Waals surface area contributed by atoms with Gasteiger partial charge in [0.2, 0.25) is 5.91 Å². The highest BCUT2D eigenvalue weighted by molar-refractivity contribution is 5.77. The fourth-order valence-electron chi connectivity index (χ4n) is 2.52. The number of ether oxygens (including phenoxy) is 1. The number of aryl methyl sites for hydroxylation is 2. The van der Waals surface area contributed by atoms with Crippen molar-refractivity contribution in [1.82, 2.24) is 9.80 Å². The number of hydrogen-bond donors (Lipinski definition) is 0. The Labute approximate surface area is 131 Å². The number of carbonyl (C=O) groups excluding carboxylic acids is 2. The second-order valence-electron chi connectivity index (χ2n) is 5.55. The van der Waals surface area contributed by atoms with Gasteiger partial charge in [-0.25, -0.2) is 4.79 Å². The molecule has 1 heterocycles. The molecule has 2 amide bonds. The average molecular weight is 304 g/mol. The summed E-state index contributed by atoms with van der Waals surface area (Å²) in [4.78, 5) is 27.3. The first kappa shape index (κ1) is 16.3. The number of amides is 2. The maximum absolute atomic E-state index is 12.2. The molecule has 5 heteroatoms. The Morgan fingerprint density at radius 1 is 1.05 bits per heavy atom. The van der Waals surface area contributed by atoms with Crippen LogP contribution in [0, 0.1) is 6.92 Å². The second kappa shape index (κ2) is 7.82. The van der Waals surface area contributed by atoms with Crippen LogP contribution < -0.4 is 0 Å². The molecule has 2 rings (SSSR count). The van der Waals surface area contributed by atoms with E-state index in [1.165, 1.54) is 11.1 Å². The first-order valence-corrected chi connectivity index (χ1v) is 7.85. The predicted molar refractivity (Wildman–Crippen MR) is 84.7 cm³/mol. The monoisotopic (exact) mass is 304 g/mol. The molecule has 0 N–H and O–H groups in total. The summed E-state index contributed by atoms with van der Waals surface area (Å²) >= 11 is 0. The summed E-state index contributed by atoms with van der Waals surface area (Å²) in [6, 6.07) is 8.28. The van der Waals surface area contributed by atoms with Crippen molar-refractivity contribution in [1.29, 1.82) is 0 Å². The van der Waals surface area contributed by atoms with E-state index in [1.54, 1.807) is 11.8 Å². The van der Waals surface area contributed by atoms with Gasteiger partial charge in [0.05, 0.1) is 6.61 Å². The van der Waals surface area contributed by atoms with Crippen molar-refractivity contribution in [2.24, 2.45) is 0 Å². The normalized spacial score (nSPS) is 14.8. The minimum atomic E-state index is -0.283. The largest absolute Gasteiger partial charge is 0.450 e. The number of benzene rings is 1. The molecule has 1 aliphatic heterocycles. The van der Waals surface area contributed by atoms with E-state index >= 15 is 0 Å². The zero-order chi connectivity index (χ0) is 15.9. The Balaban J connectivity index is 1.75. The van der Waals surface area contributed by atoms with Crippen molar-refractivity contribution < 1.29 is 14.3 Å². The summed E-state index contributed by atoms with van der Waals surface area (Å²) < 4.78 is 4.98. The van der Waals surface area contributed by atoms with Crippen LogP contribution in [0.1, 0.15) is 24.5 Å². The number of hydrogen-bond acceptors (Lipinski definition) is 3. The Hall–Kier alpha value is -2.04. The molecule has 1 aromatic rings. The van der Waals surface area contributed by atoms with Gasteiger partial charge >= 0.3 is 6.09 Å². The molecular weight excluding hydrogens is 280 g/mol. The lowest BCUT2D eigenvalue weighted by Gasteiger charge is -2.34. The molecule has 5 nitrogen and oxygen atoms in total. The van der Waals surface area contributed by atoms with Crippen LogP contribution in [0.3, 0.4) is 0 Å². The van der Waals surface area contributed by atoms with Crippen LogP contribution in [-0.4, -0.2) is 54.6 Å². The molecule has 1 fully saturated rings. The van der Waals surface area contributed by atoms with Gasteiger partial charge in [0.1, 0.15) is 0 Å². The second-order valence-corrected chi connectivity index (χ2v) is 5.55. The zero-order valence-electron chi connectivity index (χ0n) is 13.4. The number of piperazine rings is 1. The lowest BCUT2D eigenvalue weighted by molar-refractivity contribution is -0.132. The molecule has 120 valence electrons. The summed E-state index contributed by atoms with van der Waals surface area (Å²) in [5.41, 5.74) is 2.41. The first-order valence-electron chi connectivity index (χ1n) is 7.85. The van der Waals surface area contributed by atoms with E-state index in [0.717, 1.165) is 6.42 Å². The topological polar surface area (TPSA) is 49.9 Å². The van der Waals surface area contributed by atoms with E-state index in [-0.39, 0.29) is 12.0 Å². The van der Waals surface area contributed by atoms with Gasteiger partial charge in [-0.15, -0.1) is 0 Å². The first-order chi connectivity index (χ1) is 10.6. The van der Waals surface area contributed by atoms with Crippen LogP contribution in [0.15, 0.2) is 24.3 Å². The number of carbonyl (C=O) groups is 2. The predicted octanol–water partition coefficient (Wildman–Crippen LogP) is 2.23. The van der Waals surface area contributed by atoms with E-state index in [2.05, 4.69) is 31.2 Å². The van der Waals surface area contributed by atoms with Gasteiger partial charge in [0, 0.05) is 32.6 Å². The van der Waals surface area contributed by atoms with Crippen LogP contribution in [0.4, 0.5) is 4.79 Å². The third kappa shape index (κ3) is 4.48. The molecule has 0 spiro atoms. The Kier molecular flexibility index (Phi) is 5.81. The van der Waals surface area contributed by atoms with Gasteiger partial charge in [0.25, 0.3) is 0 Å². The SMILES string of the molecule is CCOC(=O)N1CCN(C(=O)CCc2ccc(C)cc2)CC1. The number of rotatable bonds is 4. The van der Waals surface area contributed by atoms with Crippen LogP contribution in [0.2, 0.25) is 0 Å². The van der Waals surface area contributed by atoms with E-state index < -0.39 is 0 Å². The van der Waals surface area contributed by atoms with Crippen LogP contribution >= 0.6 is 0 Å². The van der Waals surface area contributed by atoms with E-state index in [9.17, 15) is 9.59 Å². The molecule has 0 radical (unpaired) electrons. The highest BCUT2D eigenvalue weighted by Crippen LogP contribution is 2.10. The summed E-state index contributed by atoms with van der Waals surface area (Å²) in [7, 11) is 0. The van der Waals surface area contributed by atoms with E-state index in [4.69, 9.17) is 4.74 Å². The Morgan fingerprint density at radius 2 is 1.64 bits per heavy atom. The smallest absolute Gasteiger partial charge is 0.409 e. The van der Waals surface area contributed by atoms with Gasteiger partial charge in [-0.3, -0.25) is 4.79 Å². The molecule has 0 atom stereocenters. The van der Waals surface area contributed by atoms with Gasteiger partial charge in [-0.05, 0) is 25.8 Å². The molecule has 22 heavy (non-hydrogen) atoms. The van der Waals surface area contributed by atoms with Crippen molar-refractivity contribution in [2.75, 3.05) is 32.8 Å². The van der Waals surface area contributed by atoms with Crippen molar-refractivity contribution >= 4 is 12.0 Å². The molecule has 0 unspecified atom stereocenters. The fourth-order valence-corrected chi connectivity index (χ4v) is 2.52. The summed E-state index contributed by atoms with van der Waals surface area (Å²) in [6.07, 6.45) is 0.994. The standard InChI is InChI=1S/C17H24N2O3/c1-3-22-17(21)19-12-10-18(11-13-19)16(20)9-8-15-6-4-14(2)5-7-15/h4-7H,3,8-13H2,1-2H3. The summed E-state index contributed by atoms with van der Waals surface area (Å²) in [5, 5.41) is 0. The quantitative estimate of drug-likeness (QED) is 0.857. The van der Waals surface area contributed by atoms with Gasteiger partial charge < -0.3 is 14.5 Å². The van der Waals surface area contributed by atoms with Crippen LogP contribution in [0.25, 0.3) is 0 Å². The van der Waals surface area contributed by atoms with E-state index in [0.29, 0.717) is 39.2 Å². The fraction of sp³-hybridized carbons (Fsp3) is 0.529. The van der Waals surface area contributed by atoms with Crippen molar-refractivity contribution in [3.8, 4) is 0 Å². The maximum atomic E-state index is 12.2. The molecule has 1 aromatic carbocycles. The molecule has 1 aliphatic rings. The number of nitrogens with zero attached hydrogens (tertiary/aromatic N) is 2. The molecule has 1 saturated heterocycles. The molecular formula is C17H24N2O3. The van der Waals surface area contributed by atoms with Crippen LogP contribution in [0.5, 0.6) is 0 Å². The van der Waals surface area contributed by atoms with E-state index in [1.807, 2.05) is 4.90 Å². The molecule has 0 aromatic heterocycles. The average Bonchev–Trinajstić information content (AvgIpc) is 2.54. The molecule has 0 bridgehead atoms. The zero-order valence-corrected chi connectivity index (χ0v) is 13.4. The minimum absolute atomic E-state index is 0.157. The molecule has 0 saturated carbocycles. The van der Waals surface area contributed by atoms with Crippen molar-refractivity contribution in [3.63, 3.8) is 0 Å². The Morgan fingerprint density at radius 3 is 2.23 bits per heavy atom. The maximum Gasteiger partial charge on any atom is 0.409 e. The summed E-state index contributed by atoms with van der Waals surface area (Å²) in [6.45, 7) is 6.51. The highest BCUT2D eigenvalue weighted by atomic mass is 16.6. The van der Waals surface area contributed by atoms with Crippen molar-refractivity contribution in [2.45, 2.75) is 26.7 Å². The lowest BCUT2D eigenvalue weighted by atomic mass is 10.1. The third-order valence-electron chi connectivity index (χ3n) is 3.91. The summed E-state index contributed by atoms with van der Waals surface area (Å²) in [5.74, 6) is 0.157. The van der Waals surface area contributed by atoms with Gasteiger partial charge in [0.15, 0.2) is 0 Å². The third-order valence-corrected chi connectivity index (χ3v) is 3.91. The minimum Gasteiger partial charge on any atom is -0.450 e. The van der Waals surface area contributed by atoms with Gasteiger partial charge in [-0.1, -0.05) is 29.8 Å². The van der Waals surface area contributed by atoms with Crippen molar-refractivity contribution in [3.05, 3.63) is 35.4 Å². The van der Waals surface area contributed by atoms with Crippen LogP contribution in [-0.2, 0) is 16.0 Å². The lowest BCUT2D eigenvalue weighted by Crippen LogP contribution is -2.50. The Bertz CT molecular complexity index is 505. The molecule has 0 aliphatic carbocycles.